The lowest BCUT2D eigenvalue weighted by molar-refractivity contribution is -0.121. The van der Waals surface area contributed by atoms with Crippen molar-refractivity contribution in [3.8, 4) is 5.75 Å². The normalized spacial score (nSPS) is 12.2. The minimum atomic E-state index is -3.45. The first-order valence-corrected chi connectivity index (χ1v) is 11.2. The fraction of sp³-hybridized carbons (Fsp3) is 0.381. The van der Waals surface area contributed by atoms with E-state index in [1.807, 2.05) is 37.3 Å². The number of carbonyl (C=O) groups is 1. The quantitative estimate of drug-likeness (QED) is 0.657. The largest absolute Gasteiger partial charge is 0.497 e. The number of ether oxygens (including phenoxy) is 1. The Morgan fingerprint density at radius 2 is 1.75 bits per heavy atom. The summed E-state index contributed by atoms with van der Waals surface area (Å²) in [5, 5.41) is 3.03. The number of methoxy groups -OCH3 is 1. The van der Waals surface area contributed by atoms with Crippen LogP contribution in [0.2, 0.25) is 0 Å². The maximum atomic E-state index is 12.3. The highest BCUT2D eigenvalue weighted by molar-refractivity contribution is 7.92. The Kier molecular flexibility index (Phi) is 7.87. The van der Waals surface area contributed by atoms with Gasteiger partial charge in [0.2, 0.25) is 15.9 Å². The molecule has 152 valence electrons. The van der Waals surface area contributed by atoms with Gasteiger partial charge in [-0.15, -0.1) is 0 Å². The van der Waals surface area contributed by atoms with Gasteiger partial charge in [0.05, 0.1) is 25.1 Å². The number of nitrogens with one attached hydrogen (secondary N) is 1. The molecule has 1 N–H and O–H groups in total. The molecule has 2 aromatic carbocycles. The van der Waals surface area contributed by atoms with Crippen LogP contribution >= 0.6 is 0 Å². The third-order valence-corrected chi connectivity index (χ3v) is 5.67. The van der Waals surface area contributed by atoms with Gasteiger partial charge >= 0.3 is 0 Å². The topological polar surface area (TPSA) is 75.7 Å². The lowest BCUT2D eigenvalue weighted by Crippen LogP contribution is -2.32. The zero-order valence-corrected chi connectivity index (χ0v) is 17.4. The third-order valence-electron chi connectivity index (χ3n) is 4.47. The Labute approximate surface area is 167 Å². The van der Waals surface area contributed by atoms with Gasteiger partial charge in [0.1, 0.15) is 5.75 Å². The van der Waals surface area contributed by atoms with E-state index in [1.54, 1.807) is 31.4 Å². The van der Waals surface area contributed by atoms with Gasteiger partial charge in [-0.25, -0.2) is 8.42 Å². The monoisotopic (exact) mass is 404 g/mol. The summed E-state index contributed by atoms with van der Waals surface area (Å²) < 4.78 is 30.8. The molecule has 0 heterocycles. The molecule has 0 fully saturated rings. The van der Waals surface area contributed by atoms with Crippen molar-refractivity contribution in [2.75, 3.05) is 24.2 Å². The summed E-state index contributed by atoms with van der Waals surface area (Å²) in [4.78, 5) is 12.3. The Bertz CT molecular complexity index is 852. The zero-order chi connectivity index (χ0) is 20.6. The van der Waals surface area contributed by atoms with Crippen LogP contribution < -0.4 is 14.4 Å². The number of carbonyl (C=O) groups excluding carboxylic acids is 1. The summed E-state index contributed by atoms with van der Waals surface area (Å²) in [6.45, 7) is 2.26. The highest BCUT2D eigenvalue weighted by Crippen LogP contribution is 2.22. The smallest absolute Gasteiger partial charge is 0.232 e. The van der Waals surface area contributed by atoms with Crippen LogP contribution in [0.1, 0.15) is 37.8 Å². The van der Waals surface area contributed by atoms with Crippen LogP contribution in [0.25, 0.3) is 0 Å². The lowest BCUT2D eigenvalue weighted by Gasteiger charge is -2.23. The van der Waals surface area contributed by atoms with Gasteiger partial charge in [-0.05, 0) is 42.7 Å². The zero-order valence-electron chi connectivity index (χ0n) is 16.6. The number of hydrogen-bond acceptors (Lipinski definition) is 4. The molecular weight excluding hydrogens is 376 g/mol. The van der Waals surface area contributed by atoms with E-state index >= 15 is 0 Å². The molecule has 28 heavy (non-hydrogen) atoms. The molecule has 0 radical (unpaired) electrons. The van der Waals surface area contributed by atoms with E-state index in [0.29, 0.717) is 17.9 Å². The van der Waals surface area contributed by atoms with Crippen LogP contribution in [0.3, 0.4) is 0 Å². The second-order valence-corrected chi connectivity index (χ2v) is 8.48. The molecule has 0 saturated carbocycles. The highest BCUT2D eigenvalue weighted by Gasteiger charge is 2.18. The van der Waals surface area contributed by atoms with Crippen molar-refractivity contribution in [1.29, 1.82) is 0 Å². The first-order valence-electron chi connectivity index (χ1n) is 9.31. The second kappa shape index (κ2) is 10.1. The first kappa shape index (κ1) is 21.8. The van der Waals surface area contributed by atoms with E-state index in [1.165, 1.54) is 10.6 Å². The number of hydrogen-bond donors (Lipinski definition) is 1. The van der Waals surface area contributed by atoms with E-state index < -0.39 is 10.0 Å². The van der Waals surface area contributed by atoms with E-state index in [2.05, 4.69) is 5.32 Å². The van der Waals surface area contributed by atoms with E-state index in [4.69, 9.17) is 4.74 Å². The average Bonchev–Trinajstić information content (AvgIpc) is 2.69. The van der Waals surface area contributed by atoms with Crippen molar-refractivity contribution >= 4 is 21.6 Å². The molecule has 1 amide bonds. The summed E-state index contributed by atoms with van der Waals surface area (Å²) in [5.74, 6) is 0.571. The Morgan fingerprint density at radius 3 is 2.29 bits per heavy atom. The SMILES string of the molecule is CC[C@H](NC(=O)CCCN(c1ccc(OC)cc1)S(C)(=O)=O)c1ccccc1. The fourth-order valence-corrected chi connectivity index (χ4v) is 3.96. The summed E-state index contributed by atoms with van der Waals surface area (Å²) in [6.07, 6.45) is 2.64. The fourth-order valence-electron chi connectivity index (χ4n) is 2.99. The van der Waals surface area contributed by atoms with Crippen molar-refractivity contribution in [3.05, 3.63) is 60.2 Å². The number of benzene rings is 2. The minimum absolute atomic E-state index is 0.0405. The molecule has 0 aliphatic carbocycles. The molecule has 7 heteroatoms. The molecule has 0 unspecified atom stereocenters. The predicted octanol–water partition coefficient (Wildman–Crippen LogP) is 3.51. The summed E-state index contributed by atoms with van der Waals surface area (Å²) >= 11 is 0. The van der Waals surface area contributed by atoms with Gasteiger partial charge in [0, 0.05) is 13.0 Å². The molecule has 0 aliphatic rings. The molecular formula is C21H28N2O4S. The summed E-state index contributed by atoms with van der Waals surface area (Å²) in [6, 6.07) is 16.6. The van der Waals surface area contributed by atoms with Crippen LogP contribution in [0.4, 0.5) is 5.69 Å². The number of nitrogens with zero attached hydrogens (tertiary/aromatic N) is 1. The van der Waals surface area contributed by atoms with Gasteiger partial charge < -0.3 is 10.1 Å². The standard InChI is InChI=1S/C21H28N2O4S/c1-4-20(17-9-6-5-7-10-17)22-21(24)11-8-16-23(28(3,25)26)18-12-14-19(27-2)15-13-18/h5-7,9-10,12-15,20H,4,8,11,16H2,1-3H3,(H,22,24)/t20-/m0/s1. The van der Waals surface area contributed by atoms with E-state index in [-0.39, 0.29) is 24.9 Å². The average molecular weight is 405 g/mol. The van der Waals surface area contributed by atoms with E-state index in [9.17, 15) is 13.2 Å². The number of amides is 1. The molecule has 2 aromatic rings. The number of anilines is 1. The second-order valence-electron chi connectivity index (χ2n) is 6.58. The molecule has 1 atom stereocenters. The molecule has 0 aromatic heterocycles. The Balaban J connectivity index is 1.95. The first-order chi connectivity index (χ1) is 13.3. The lowest BCUT2D eigenvalue weighted by atomic mass is 10.0. The van der Waals surface area contributed by atoms with Crippen LogP contribution in [-0.2, 0) is 14.8 Å². The minimum Gasteiger partial charge on any atom is -0.497 e. The van der Waals surface area contributed by atoms with Gasteiger partial charge in [0.25, 0.3) is 0 Å². The van der Waals surface area contributed by atoms with Crippen molar-refractivity contribution in [2.45, 2.75) is 32.2 Å². The molecule has 0 bridgehead atoms. The van der Waals surface area contributed by atoms with Crippen molar-refractivity contribution in [1.82, 2.24) is 5.32 Å². The summed E-state index contributed by atoms with van der Waals surface area (Å²) in [7, 11) is -1.89. The Hall–Kier alpha value is -2.54. The maximum absolute atomic E-state index is 12.3. The maximum Gasteiger partial charge on any atom is 0.232 e. The van der Waals surface area contributed by atoms with Crippen LogP contribution in [-0.4, -0.2) is 34.2 Å². The van der Waals surface area contributed by atoms with Crippen molar-refractivity contribution in [2.24, 2.45) is 0 Å². The molecule has 6 nitrogen and oxygen atoms in total. The van der Waals surface area contributed by atoms with Crippen molar-refractivity contribution in [3.63, 3.8) is 0 Å². The predicted molar refractivity (Wildman–Crippen MR) is 112 cm³/mol. The van der Waals surface area contributed by atoms with Gasteiger partial charge in [-0.1, -0.05) is 37.3 Å². The van der Waals surface area contributed by atoms with Gasteiger partial charge in [-0.3, -0.25) is 9.10 Å². The van der Waals surface area contributed by atoms with E-state index in [0.717, 1.165) is 12.0 Å². The number of rotatable bonds is 10. The summed E-state index contributed by atoms with van der Waals surface area (Å²) in [5.41, 5.74) is 1.62. The third kappa shape index (κ3) is 6.27. The van der Waals surface area contributed by atoms with Crippen LogP contribution in [0, 0.1) is 0 Å². The van der Waals surface area contributed by atoms with Crippen LogP contribution in [0.15, 0.2) is 54.6 Å². The van der Waals surface area contributed by atoms with Crippen LogP contribution in [0.5, 0.6) is 5.75 Å². The van der Waals surface area contributed by atoms with Crippen molar-refractivity contribution < 1.29 is 17.9 Å². The number of sulfonamides is 1. The molecule has 2 rings (SSSR count). The molecule has 0 aliphatic heterocycles. The molecule has 0 saturated heterocycles. The van der Waals surface area contributed by atoms with Gasteiger partial charge in [0.15, 0.2) is 0 Å². The molecule has 0 spiro atoms. The highest BCUT2D eigenvalue weighted by atomic mass is 32.2. The van der Waals surface area contributed by atoms with Gasteiger partial charge in [-0.2, -0.15) is 0 Å². The Morgan fingerprint density at radius 1 is 1.11 bits per heavy atom.